The molecule has 4 nitrogen and oxygen atoms in total. The van der Waals surface area contributed by atoms with Crippen LogP contribution in [0.15, 0.2) is 36.7 Å². The molecule has 1 aromatic carbocycles. The highest BCUT2D eigenvalue weighted by Crippen LogP contribution is 2.28. The molecule has 4 heteroatoms. The molecule has 1 atom stereocenters. The summed E-state index contributed by atoms with van der Waals surface area (Å²) in [6.45, 7) is 6.71. The normalized spacial score (nSPS) is 21.4. The standard InChI is InChI=1S/C22H32N4/c1-3-11-25-13-10-23-22(25)17-24(2)20-9-6-12-26(16-20)21-14-18-7-4-5-8-19(18)15-21/h4-5,7-8,10,13,20-21H,3,6,9,11-12,14-17H2,1-2H3/t20-/m1/s1. The number of likely N-dealkylation sites (tertiary alicyclic amines) is 1. The molecule has 1 saturated heterocycles. The fraction of sp³-hybridized carbons (Fsp3) is 0.591. The zero-order valence-electron chi connectivity index (χ0n) is 16.3. The van der Waals surface area contributed by atoms with Crippen LogP contribution in [0.2, 0.25) is 0 Å². The second-order valence-corrected chi connectivity index (χ2v) is 8.07. The average Bonchev–Trinajstić information content (AvgIpc) is 3.29. The minimum atomic E-state index is 0.638. The van der Waals surface area contributed by atoms with Gasteiger partial charge in [0, 0.05) is 37.6 Å². The zero-order chi connectivity index (χ0) is 17.9. The first-order valence-electron chi connectivity index (χ1n) is 10.3. The van der Waals surface area contributed by atoms with Gasteiger partial charge in [-0.25, -0.2) is 4.98 Å². The molecule has 0 unspecified atom stereocenters. The van der Waals surface area contributed by atoms with Gasteiger partial charge in [-0.3, -0.25) is 9.80 Å². The van der Waals surface area contributed by atoms with E-state index < -0.39 is 0 Å². The summed E-state index contributed by atoms with van der Waals surface area (Å²) in [5.41, 5.74) is 3.13. The molecule has 0 radical (unpaired) electrons. The van der Waals surface area contributed by atoms with E-state index in [2.05, 4.69) is 63.8 Å². The van der Waals surface area contributed by atoms with Crippen molar-refractivity contribution in [1.82, 2.24) is 19.4 Å². The van der Waals surface area contributed by atoms with Gasteiger partial charge in [0.2, 0.25) is 0 Å². The van der Waals surface area contributed by atoms with Crippen molar-refractivity contribution in [2.75, 3.05) is 20.1 Å². The number of nitrogens with zero attached hydrogens (tertiary/aromatic N) is 4. The van der Waals surface area contributed by atoms with Crippen molar-refractivity contribution in [3.63, 3.8) is 0 Å². The Morgan fingerprint density at radius 2 is 1.96 bits per heavy atom. The van der Waals surface area contributed by atoms with Gasteiger partial charge in [0.1, 0.15) is 5.82 Å². The zero-order valence-corrected chi connectivity index (χ0v) is 16.3. The summed E-state index contributed by atoms with van der Waals surface area (Å²) in [4.78, 5) is 9.88. The van der Waals surface area contributed by atoms with Gasteiger partial charge < -0.3 is 4.57 Å². The van der Waals surface area contributed by atoms with Crippen molar-refractivity contribution in [3.8, 4) is 0 Å². The predicted octanol–water partition coefficient (Wildman–Crippen LogP) is 3.36. The maximum Gasteiger partial charge on any atom is 0.122 e. The summed E-state index contributed by atoms with van der Waals surface area (Å²) in [5, 5.41) is 0. The monoisotopic (exact) mass is 352 g/mol. The fourth-order valence-corrected chi connectivity index (χ4v) is 4.76. The Kier molecular flexibility index (Phi) is 5.41. The van der Waals surface area contributed by atoms with E-state index in [1.54, 1.807) is 11.1 Å². The number of aryl methyl sites for hydroxylation is 1. The van der Waals surface area contributed by atoms with Crippen LogP contribution in [0.1, 0.15) is 43.1 Å². The van der Waals surface area contributed by atoms with Crippen molar-refractivity contribution in [2.24, 2.45) is 0 Å². The smallest absolute Gasteiger partial charge is 0.122 e. The molecule has 0 spiro atoms. The highest BCUT2D eigenvalue weighted by atomic mass is 15.2. The van der Waals surface area contributed by atoms with Crippen LogP contribution in [0.3, 0.4) is 0 Å². The number of benzene rings is 1. The second-order valence-electron chi connectivity index (χ2n) is 8.07. The fourth-order valence-electron chi connectivity index (χ4n) is 4.76. The molecule has 0 saturated carbocycles. The number of hydrogen-bond acceptors (Lipinski definition) is 3. The third-order valence-corrected chi connectivity index (χ3v) is 6.25. The van der Waals surface area contributed by atoms with Gasteiger partial charge in [-0.05, 0) is 56.8 Å². The molecule has 2 aromatic rings. The van der Waals surface area contributed by atoms with E-state index in [0.29, 0.717) is 12.1 Å². The van der Waals surface area contributed by atoms with Crippen LogP contribution in [-0.4, -0.2) is 51.6 Å². The number of rotatable bonds is 6. The lowest BCUT2D eigenvalue weighted by atomic mass is 10.0. The summed E-state index contributed by atoms with van der Waals surface area (Å²) in [7, 11) is 2.28. The molecule has 1 aromatic heterocycles. The quantitative estimate of drug-likeness (QED) is 0.797. The molecular formula is C22H32N4. The minimum absolute atomic E-state index is 0.638. The summed E-state index contributed by atoms with van der Waals surface area (Å²) in [5.74, 6) is 1.21. The molecule has 2 aliphatic rings. The molecule has 0 N–H and O–H groups in total. The van der Waals surface area contributed by atoms with Gasteiger partial charge in [-0.15, -0.1) is 0 Å². The molecule has 4 rings (SSSR count). The maximum atomic E-state index is 4.60. The third-order valence-electron chi connectivity index (χ3n) is 6.25. The Morgan fingerprint density at radius 1 is 1.19 bits per heavy atom. The summed E-state index contributed by atoms with van der Waals surface area (Å²) >= 11 is 0. The van der Waals surface area contributed by atoms with E-state index in [1.807, 2.05) is 6.20 Å². The number of aromatic nitrogens is 2. The van der Waals surface area contributed by atoms with E-state index in [0.717, 1.165) is 19.5 Å². The second kappa shape index (κ2) is 7.93. The molecule has 1 aliphatic carbocycles. The Bertz CT molecular complexity index is 697. The molecular weight excluding hydrogens is 320 g/mol. The Hall–Kier alpha value is -1.65. The number of likely N-dealkylation sites (N-methyl/N-ethyl adjacent to an activating group) is 1. The van der Waals surface area contributed by atoms with Crippen molar-refractivity contribution >= 4 is 0 Å². The van der Waals surface area contributed by atoms with Gasteiger partial charge in [-0.1, -0.05) is 31.2 Å². The number of fused-ring (bicyclic) bond motifs is 1. The van der Waals surface area contributed by atoms with E-state index in [1.165, 1.54) is 44.6 Å². The molecule has 140 valence electrons. The number of piperidine rings is 1. The lowest BCUT2D eigenvalue weighted by molar-refractivity contribution is 0.0817. The van der Waals surface area contributed by atoms with Gasteiger partial charge in [-0.2, -0.15) is 0 Å². The van der Waals surface area contributed by atoms with Crippen LogP contribution in [0.5, 0.6) is 0 Å². The molecule has 26 heavy (non-hydrogen) atoms. The van der Waals surface area contributed by atoms with E-state index in [4.69, 9.17) is 0 Å². The summed E-state index contributed by atoms with van der Waals surface area (Å²) in [6, 6.07) is 10.3. The molecule has 1 aliphatic heterocycles. The molecule has 0 amide bonds. The van der Waals surface area contributed by atoms with Crippen LogP contribution in [0.25, 0.3) is 0 Å². The highest BCUT2D eigenvalue weighted by Gasteiger charge is 2.31. The first kappa shape index (κ1) is 17.7. The molecule has 0 bridgehead atoms. The molecule has 1 fully saturated rings. The van der Waals surface area contributed by atoms with Crippen molar-refractivity contribution in [1.29, 1.82) is 0 Å². The van der Waals surface area contributed by atoms with Crippen LogP contribution in [0, 0.1) is 0 Å². The first-order valence-corrected chi connectivity index (χ1v) is 10.3. The van der Waals surface area contributed by atoms with Crippen LogP contribution < -0.4 is 0 Å². The minimum Gasteiger partial charge on any atom is -0.334 e. The van der Waals surface area contributed by atoms with Crippen LogP contribution in [0.4, 0.5) is 0 Å². The SMILES string of the molecule is CCCn1ccnc1CN(C)[C@@H]1CCCN(C2Cc3ccccc3C2)C1. The van der Waals surface area contributed by atoms with Crippen LogP contribution >= 0.6 is 0 Å². The topological polar surface area (TPSA) is 24.3 Å². The Morgan fingerprint density at radius 3 is 2.69 bits per heavy atom. The summed E-state index contributed by atoms with van der Waals surface area (Å²) < 4.78 is 2.31. The lowest BCUT2D eigenvalue weighted by Crippen LogP contribution is -2.50. The largest absolute Gasteiger partial charge is 0.334 e. The predicted molar refractivity (Wildman–Crippen MR) is 106 cm³/mol. The van der Waals surface area contributed by atoms with Crippen molar-refractivity contribution in [3.05, 3.63) is 53.6 Å². The lowest BCUT2D eigenvalue weighted by Gasteiger charge is -2.40. The number of imidazole rings is 1. The van der Waals surface area contributed by atoms with E-state index in [9.17, 15) is 0 Å². The van der Waals surface area contributed by atoms with E-state index in [-0.39, 0.29) is 0 Å². The van der Waals surface area contributed by atoms with Crippen LogP contribution in [-0.2, 0) is 25.9 Å². The maximum absolute atomic E-state index is 4.60. The molecule has 2 heterocycles. The Balaban J connectivity index is 1.37. The first-order chi connectivity index (χ1) is 12.7. The van der Waals surface area contributed by atoms with Gasteiger partial charge in [0.05, 0.1) is 6.54 Å². The van der Waals surface area contributed by atoms with Gasteiger partial charge in [0.15, 0.2) is 0 Å². The highest BCUT2D eigenvalue weighted by molar-refractivity contribution is 5.33. The van der Waals surface area contributed by atoms with Gasteiger partial charge in [0.25, 0.3) is 0 Å². The van der Waals surface area contributed by atoms with Gasteiger partial charge >= 0.3 is 0 Å². The average molecular weight is 353 g/mol. The van der Waals surface area contributed by atoms with E-state index >= 15 is 0 Å². The third kappa shape index (κ3) is 3.72. The Labute approximate surface area is 157 Å². The van der Waals surface area contributed by atoms with Crippen molar-refractivity contribution < 1.29 is 0 Å². The summed E-state index contributed by atoms with van der Waals surface area (Å²) in [6.07, 6.45) is 10.3. The van der Waals surface area contributed by atoms with Crippen molar-refractivity contribution in [2.45, 2.75) is 64.2 Å². The number of hydrogen-bond donors (Lipinski definition) is 0.